The highest BCUT2D eigenvalue weighted by Crippen LogP contribution is 2.23. The third-order valence-electron chi connectivity index (χ3n) is 5.53. The van der Waals surface area contributed by atoms with Crippen LogP contribution in [0.1, 0.15) is 18.4 Å². The first-order chi connectivity index (χ1) is 13.7. The number of likely N-dealkylation sites (tertiary alicyclic amines) is 1. The minimum absolute atomic E-state index is 0.0181. The highest BCUT2D eigenvalue weighted by molar-refractivity contribution is 5.83. The molecule has 0 spiro atoms. The average molecular weight is 383 g/mol. The first-order valence-corrected chi connectivity index (χ1v) is 9.80. The SMILES string of the molecule is O=C(C1NNNC1Nc1ccccc1F)N1CCC(Cc2ccccc2)CC1. The minimum atomic E-state index is -0.509. The molecule has 4 rings (SSSR count). The molecule has 4 N–H and O–H groups in total. The molecule has 1 amide bonds. The Morgan fingerprint density at radius 3 is 2.50 bits per heavy atom. The molecule has 0 radical (unpaired) electrons. The van der Waals surface area contributed by atoms with Gasteiger partial charge in [0.2, 0.25) is 5.91 Å². The quantitative estimate of drug-likeness (QED) is 0.636. The molecule has 2 aliphatic rings. The molecule has 2 aliphatic heterocycles. The first-order valence-electron chi connectivity index (χ1n) is 9.80. The Morgan fingerprint density at radius 2 is 1.75 bits per heavy atom. The number of hydrogen-bond donors (Lipinski definition) is 4. The number of halogens is 1. The van der Waals surface area contributed by atoms with Crippen molar-refractivity contribution in [3.63, 3.8) is 0 Å². The van der Waals surface area contributed by atoms with Crippen molar-refractivity contribution < 1.29 is 9.18 Å². The van der Waals surface area contributed by atoms with Gasteiger partial charge in [-0.25, -0.2) is 15.2 Å². The molecule has 2 aromatic carbocycles. The van der Waals surface area contributed by atoms with Gasteiger partial charge >= 0.3 is 0 Å². The van der Waals surface area contributed by atoms with E-state index in [-0.39, 0.29) is 11.7 Å². The lowest BCUT2D eigenvalue weighted by atomic mass is 9.90. The number of benzene rings is 2. The van der Waals surface area contributed by atoms with Crippen molar-refractivity contribution >= 4 is 11.6 Å². The predicted molar refractivity (Wildman–Crippen MR) is 106 cm³/mol. The van der Waals surface area contributed by atoms with Gasteiger partial charge in [0.25, 0.3) is 0 Å². The number of piperidine rings is 1. The summed E-state index contributed by atoms with van der Waals surface area (Å²) >= 11 is 0. The van der Waals surface area contributed by atoms with Crippen molar-refractivity contribution in [2.45, 2.75) is 31.5 Å². The molecule has 28 heavy (non-hydrogen) atoms. The fourth-order valence-electron chi connectivity index (χ4n) is 3.93. The molecule has 6 nitrogen and oxygen atoms in total. The van der Waals surface area contributed by atoms with Crippen LogP contribution in [-0.2, 0) is 11.2 Å². The maximum atomic E-state index is 13.9. The average Bonchev–Trinajstić information content (AvgIpc) is 3.19. The lowest BCUT2D eigenvalue weighted by Gasteiger charge is -2.34. The summed E-state index contributed by atoms with van der Waals surface area (Å²) in [5.41, 5.74) is 10.4. The van der Waals surface area contributed by atoms with Crippen LogP contribution in [-0.4, -0.2) is 36.1 Å². The van der Waals surface area contributed by atoms with Crippen LogP contribution in [0.3, 0.4) is 0 Å². The van der Waals surface area contributed by atoms with E-state index in [0.29, 0.717) is 11.6 Å². The van der Waals surface area contributed by atoms with E-state index in [1.54, 1.807) is 18.2 Å². The van der Waals surface area contributed by atoms with Crippen LogP contribution in [0.25, 0.3) is 0 Å². The highest BCUT2D eigenvalue weighted by Gasteiger charge is 2.37. The molecular formula is C21H26FN5O. The van der Waals surface area contributed by atoms with Gasteiger partial charge in [-0.1, -0.05) is 42.5 Å². The fraction of sp³-hybridized carbons (Fsp3) is 0.381. The third-order valence-corrected chi connectivity index (χ3v) is 5.53. The van der Waals surface area contributed by atoms with Crippen LogP contribution in [0.15, 0.2) is 54.6 Å². The summed E-state index contributed by atoms with van der Waals surface area (Å²) in [4.78, 5) is 14.9. The lowest BCUT2D eigenvalue weighted by Crippen LogP contribution is -2.53. The lowest BCUT2D eigenvalue weighted by molar-refractivity contribution is -0.134. The zero-order valence-corrected chi connectivity index (χ0v) is 15.7. The minimum Gasteiger partial charge on any atom is -0.365 e. The van der Waals surface area contributed by atoms with Crippen LogP contribution in [0.5, 0.6) is 0 Å². The van der Waals surface area contributed by atoms with Gasteiger partial charge in [0.05, 0.1) is 5.69 Å². The fourth-order valence-corrected chi connectivity index (χ4v) is 3.93. The molecule has 2 unspecified atom stereocenters. The molecular weight excluding hydrogens is 357 g/mol. The van der Waals surface area contributed by atoms with Crippen molar-refractivity contribution in [2.24, 2.45) is 5.92 Å². The van der Waals surface area contributed by atoms with Crippen molar-refractivity contribution in [3.05, 3.63) is 66.0 Å². The third kappa shape index (κ3) is 4.32. The molecule has 2 aromatic rings. The van der Waals surface area contributed by atoms with Gasteiger partial charge in [-0.3, -0.25) is 4.79 Å². The summed E-state index contributed by atoms with van der Waals surface area (Å²) in [6.45, 7) is 1.50. The van der Waals surface area contributed by atoms with E-state index in [1.165, 1.54) is 11.6 Å². The predicted octanol–water partition coefficient (Wildman–Crippen LogP) is 2.03. The monoisotopic (exact) mass is 383 g/mol. The number of nitrogens with zero attached hydrogens (tertiary/aromatic N) is 1. The largest absolute Gasteiger partial charge is 0.365 e. The number of carbonyl (C=O) groups is 1. The van der Waals surface area contributed by atoms with Gasteiger partial charge in [-0.05, 0) is 42.9 Å². The maximum absolute atomic E-state index is 13.9. The Labute approximate surface area is 164 Å². The Bertz CT molecular complexity index is 794. The molecule has 2 fully saturated rings. The zero-order valence-electron chi connectivity index (χ0n) is 15.7. The molecule has 7 heteroatoms. The number of para-hydroxylation sites is 1. The molecule has 2 heterocycles. The number of amides is 1. The van der Waals surface area contributed by atoms with E-state index in [0.717, 1.165) is 32.4 Å². The summed E-state index contributed by atoms with van der Waals surface area (Å²) in [5.74, 6) is 0.278. The summed E-state index contributed by atoms with van der Waals surface area (Å²) in [5, 5.41) is 3.06. The molecule has 2 saturated heterocycles. The Hall–Kier alpha value is -2.48. The van der Waals surface area contributed by atoms with E-state index in [2.05, 4.69) is 46.0 Å². The Kier molecular flexibility index (Phi) is 5.85. The van der Waals surface area contributed by atoms with Gasteiger partial charge < -0.3 is 10.2 Å². The van der Waals surface area contributed by atoms with E-state index in [9.17, 15) is 9.18 Å². The number of nitrogens with one attached hydrogen (secondary N) is 4. The molecule has 0 aromatic heterocycles. The number of hydrazine groups is 2. The zero-order chi connectivity index (χ0) is 19.3. The molecule has 2 atom stereocenters. The van der Waals surface area contributed by atoms with Crippen LogP contribution in [0, 0.1) is 11.7 Å². The van der Waals surface area contributed by atoms with Crippen LogP contribution >= 0.6 is 0 Å². The second-order valence-electron chi connectivity index (χ2n) is 7.45. The number of carbonyl (C=O) groups excluding carboxylic acids is 1. The van der Waals surface area contributed by atoms with Crippen molar-refractivity contribution in [2.75, 3.05) is 18.4 Å². The van der Waals surface area contributed by atoms with Gasteiger partial charge in [-0.2, -0.15) is 5.53 Å². The Morgan fingerprint density at radius 1 is 1.04 bits per heavy atom. The van der Waals surface area contributed by atoms with Gasteiger partial charge in [-0.15, -0.1) is 0 Å². The molecule has 0 saturated carbocycles. The number of hydrogen-bond acceptors (Lipinski definition) is 5. The number of rotatable bonds is 5. The molecule has 0 aliphatic carbocycles. The summed E-state index contributed by atoms with van der Waals surface area (Å²) in [7, 11) is 0. The standard InChI is InChI=1S/C21H26FN5O/c22-17-8-4-5-9-18(17)23-20-19(24-26-25-20)21(28)27-12-10-16(11-13-27)14-15-6-2-1-3-7-15/h1-9,16,19-20,23-26H,10-14H2. The van der Waals surface area contributed by atoms with E-state index in [1.807, 2.05) is 11.0 Å². The Balaban J connectivity index is 1.32. The summed E-state index contributed by atoms with van der Waals surface area (Å²) in [6, 6.07) is 16.4. The second kappa shape index (κ2) is 8.68. The van der Waals surface area contributed by atoms with Crippen LogP contribution in [0.2, 0.25) is 0 Å². The van der Waals surface area contributed by atoms with Crippen LogP contribution in [0.4, 0.5) is 10.1 Å². The van der Waals surface area contributed by atoms with E-state index >= 15 is 0 Å². The van der Waals surface area contributed by atoms with E-state index < -0.39 is 12.2 Å². The smallest absolute Gasteiger partial charge is 0.244 e. The second-order valence-corrected chi connectivity index (χ2v) is 7.45. The summed E-state index contributed by atoms with van der Waals surface area (Å²) in [6.07, 6.45) is 2.62. The van der Waals surface area contributed by atoms with E-state index in [4.69, 9.17) is 0 Å². The molecule has 0 bridgehead atoms. The van der Waals surface area contributed by atoms with Gasteiger partial charge in [0.1, 0.15) is 18.0 Å². The normalized spacial score (nSPS) is 23.0. The van der Waals surface area contributed by atoms with Crippen molar-refractivity contribution in [1.82, 2.24) is 21.3 Å². The van der Waals surface area contributed by atoms with Crippen molar-refractivity contribution in [1.29, 1.82) is 0 Å². The first kappa shape index (κ1) is 18.9. The van der Waals surface area contributed by atoms with Gasteiger partial charge in [0.15, 0.2) is 0 Å². The van der Waals surface area contributed by atoms with Crippen LogP contribution < -0.4 is 21.7 Å². The molecule has 148 valence electrons. The summed E-state index contributed by atoms with van der Waals surface area (Å²) < 4.78 is 13.9. The topological polar surface area (TPSA) is 68.4 Å². The van der Waals surface area contributed by atoms with Crippen molar-refractivity contribution in [3.8, 4) is 0 Å². The number of anilines is 1. The highest BCUT2D eigenvalue weighted by atomic mass is 19.1. The maximum Gasteiger partial charge on any atom is 0.244 e. The van der Waals surface area contributed by atoms with Gasteiger partial charge in [0, 0.05) is 13.1 Å².